The van der Waals surface area contributed by atoms with E-state index in [-0.39, 0.29) is 0 Å². The summed E-state index contributed by atoms with van der Waals surface area (Å²) in [5.41, 5.74) is 2.88. The summed E-state index contributed by atoms with van der Waals surface area (Å²) in [6, 6.07) is 16.3. The van der Waals surface area contributed by atoms with E-state index in [0.29, 0.717) is 6.04 Å². The highest BCUT2D eigenvalue weighted by Crippen LogP contribution is 2.41. The van der Waals surface area contributed by atoms with Crippen LogP contribution in [0.5, 0.6) is 0 Å². The van der Waals surface area contributed by atoms with Crippen molar-refractivity contribution in [2.45, 2.75) is 50.4 Å². The SMILES string of the molecule is Cc1ccc(C(O)c2ccccc2[C@]2(O)CC[C@@H](N(C)C)CC2)cc1. The zero-order valence-electron chi connectivity index (χ0n) is 15.4. The normalized spacial score (nSPS) is 25.1. The molecule has 3 heteroatoms. The van der Waals surface area contributed by atoms with Gasteiger partial charge in [0.15, 0.2) is 0 Å². The van der Waals surface area contributed by atoms with Gasteiger partial charge in [0.1, 0.15) is 6.10 Å². The molecule has 2 aromatic rings. The molecular formula is C22H29NO2. The second-order valence-electron chi connectivity index (χ2n) is 7.63. The summed E-state index contributed by atoms with van der Waals surface area (Å²) in [4.78, 5) is 2.24. The number of aliphatic hydroxyl groups excluding tert-OH is 1. The van der Waals surface area contributed by atoms with E-state index in [1.165, 1.54) is 5.56 Å². The van der Waals surface area contributed by atoms with Gasteiger partial charge in [-0.2, -0.15) is 0 Å². The highest BCUT2D eigenvalue weighted by atomic mass is 16.3. The zero-order chi connectivity index (χ0) is 18.0. The molecule has 1 unspecified atom stereocenters. The van der Waals surface area contributed by atoms with Gasteiger partial charge in [-0.3, -0.25) is 0 Å². The Morgan fingerprint density at radius 2 is 1.60 bits per heavy atom. The van der Waals surface area contributed by atoms with Crippen LogP contribution in [0.3, 0.4) is 0 Å². The number of benzene rings is 2. The number of aryl methyl sites for hydroxylation is 1. The molecule has 0 bridgehead atoms. The molecule has 1 aliphatic rings. The van der Waals surface area contributed by atoms with Crippen LogP contribution in [0.2, 0.25) is 0 Å². The molecule has 0 aromatic heterocycles. The predicted molar refractivity (Wildman–Crippen MR) is 102 cm³/mol. The average molecular weight is 339 g/mol. The first kappa shape index (κ1) is 18.1. The Morgan fingerprint density at radius 3 is 2.20 bits per heavy atom. The van der Waals surface area contributed by atoms with Crippen molar-refractivity contribution in [1.29, 1.82) is 0 Å². The lowest BCUT2D eigenvalue weighted by molar-refractivity contribution is -0.0209. The van der Waals surface area contributed by atoms with Crippen LogP contribution in [-0.2, 0) is 5.60 Å². The Bertz CT molecular complexity index is 700. The van der Waals surface area contributed by atoms with Crippen molar-refractivity contribution in [2.75, 3.05) is 14.1 Å². The van der Waals surface area contributed by atoms with E-state index < -0.39 is 11.7 Å². The van der Waals surface area contributed by atoms with Crippen molar-refractivity contribution in [2.24, 2.45) is 0 Å². The van der Waals surface area contributed by atoms with Crippen molar-refractivity contribution in [3.05, 3.63) is 70.8 Å². The standard InChI is InChI=1S/C22H29NO2/c1-16-8-10-17(11-9-16)21(24)19-6-4-5-7-20(19)22(25)14-12-18(13-15-22)23(2)3/h4-11,18,21,24-25H,12-15H2,1-3H3/t18-,21?,22+. The minimum absolute atomic E-state index is 0.523. The quantitative estimate of drug-likeness (QED) is 0.891. The Labute approximate surface area is 150 Å². The number of nitrogens with zero attached hydrogens (tertiary/aromatic N) is 1. The molecule has 0 heterocycles. The van der Waals surface area contributed by atoms with Gasteiger partial charge in [0, 0.05) is 6.04 Å². The Balaban J connectivity index is 1.89. The van der Waals surface area contributed by atoms with Crippen LogP contribution in [0.1, 0.15) is 54.0 Å². The van der Waals surface area contributed by atoms with Gasteiger partial charge in [-0.1, -0.05) is 54.1 Å². The van der Waals surface area contributed by atoms with Crippen LogP contribution in [0.15, 0.2) is 48.5 Å². The fraction of sp³-hybridized carbons (Fsp3) is 0.455. The minimum Gasteiger partial charge on any atom is -0.385 e. The monoisotopic (exact) mass is 339 g/mol. The van der Waals surface area contributed by atoms with Gasteiger partial charge < -0.3 is 15.1 Å². The van der Waals surface area contributed by atoms with Crippen LogP contribution in [-0.4, -0.2) is 35.3 Å². The average Bonchev–Trinajstić information content (AvgIpc) is 2.62. The van der Waals surface area contributed by atoms with Gasteiger partial charge in [0.2, 0.25) is 0 Å². The van der Waals surface area contributed by atoms with Gasteiger partial charge in [-0.25, -0.2) is 0 Å². The summed E-state index contributed by atoms with van der Waals surface area (Å²) >= 11 is 0. The smallest absolute Gasteiger partial charge is 0.104 e. The van der Waals surface area contributed by atoms with Crippen LogP contribution < -0.4 is 0 Å². The van der Waals surface area contributed by atoms with E-state index in [2.05, 4.69) is 19.0 Å². The van der Waals surface area contributed by atoms with Gasteiger partial charge in [0.25, 0.3) is 0 Å². The minimum atomic E-state index is -0.852. The summed E-state index contributed by atoms with van der Waals surface area (Å²) in [5.74, 6) is 0. The topological polar surface area (TPSA) is 43.7 Å². The maximum atomic E-state index is 11.3. The summed E-state index contributed by atoms with van der Waals surface area (Å²) in [5, 5.41) is 22.3. The predicted octanol–water partition coefficient (Wildman–Crippen LogP) is 3.77. The molecule has 1 atom stereocenters. The van der Waals surface area contributed by atoms with E-state index in [1.54, 1.807) is 0 Å². The lowest BCUT2D eigenvalue weighted by Crippen LogP contribution is -2.39. The first-order chi connectivity index (χ1) is 11.9. The molecule has 0 aliphatic heterocycles. The molecule has 1 saturated carbocycles. The summed E-state index contributed by atoms with van der Waals surface area (Å²) in [7, 11) is 4.20. The molecule has 0 saturated heterocycles. The van der Waals surface area contributed by atoms with Gasteiger partial charge in [-0.05, 0) is 63.4 Å². The number of rotatable bonds is 4. The molecule has 3 nitrogen and oxygen atoms in total. The van der Waals surface area contributed by atoms with Crippen LogP contribution >= 0.6 is 0 Å². The van der Waals surface area contributed by atoms with E-state index >= 15 is 0 Å². The molecule has 2 aromatic carbocycles. The maximum Gasteiger partial charge on any atom is 0.104 e. The molecule has 0 radical (unpaired) electrons. The van der Waals surface area contributed by atoms with Crippen molar-refractivity contribution < 1.29 is 10.2 Å². The Morgan fingerprint density at radius 1 is 1.00 bits per heavy atom. The molecule has 25 heavy (non-hydrogen) atoms. The third-order valence-electron chi connectivity index (χ3n) is 5.66. The maximum absolute atomic E-state index is 11.3. The lowest BCUT2D eigenvalue weighted by atomic mass is 9.75. The molecular weight excluding hydrogens is 310 g/mol. The largest absolute Gasteiger partial charge is 0.385 e. The summed E-state index contributed by atoms with van der Waals surface area (Å²) < 4.78 is 0. The van der Waals surface area contributed by atoms with E-state index in [0.717, 1.165) is 42.4 Å². The van der Waals surface area contributed by atoms with Crippen molar-refractivity contribution in [1.82, 2.24) is 4.90 Å². The van der Waals surface area contributed by atoms with Gasteiger partial charge in [0.05, 0.1) is 5.60 Å². The number of hydrogen-bond donors (Lipinski definition) is 2. The number of hydrogen-bond acceptors (Lipinski definition) is 3. The van der Waals surface area contributed by atoms with Crippen molar-refractivity contribution in [3.8, 4) is 0 Å². The lowest BCUT2D eigenvalue weighted by Gasteiger charge is -2.40. The second-order valence-corrected chi connectivity index (χ2v) is 7.63. The summed E-state index contributed by atoms with van der Waals surface area (Å²) in [6.45, 7) is 2.04. The number of aliphatic hydroxyl groups is 2. The van der Waals surface area contributed by atoms with Crippen LogP contribution in [0.4, 0.5) is 0 Å². The Hall–Kier alpha value is -1.68. The second kappa shape index (κ2) is 7.28. The molecule has 1 aliphatic carbocycles. The van der Waals surface area contributed by atoms with Crippen molar-refractivity contribution in [3.63, 3.8) is 0 Å². The van der Waals surface area contributed by atoms with Gasteiger partial charge in [-0.15, -0.1) is 0 Å². The van der Waals surface area contributed by atoms with E-state index in [1.807, 2.05) is 55.5 Å². The molecule has 134 valence electrons. The first-order valence-corrected chi connectivity index (χ1v) is 9.13. The Kier molecular flexibility index (Phi) is 5.28. The van der Waals surface area contributed by atoms with E-state index in [4.69, 9.17) is 0 Å². The molecule has 0 spiro atoms. The molecule has 0 amide bonds. The highest BCUT2D eigenvalue weighted by molar-refractivity contribution is 5.40. The fourth-order valence-electron chi connectivity index (χ4n) is 3.95. The van der Waals surface area contributed by atoms with Crippen LogP contribution in [0.25, 0.3) is 0 Å². The van der Waals surface area contributed by atoms with Crippen LogP contribution in [0, 0.1) is 6.92 Å². The highest BCUT2D eigenvalue weighted by Gasteiger charge is 2.37. The third kappa shape index (κ3) is 3.79. The van der Waals surface area contributed by atoms with Crippen molar-refractivity contribution >= 4 is 0 Å². The summed E-state index contributed by atoms with van der Waals surface area (Å²) in [6.07, 6.45) is 2.69. The molecule has 3 rings (SSSR count). The first-order valence-electron chi connectivity index (χ1n) is 9.13. The third-order valence-corrected chi connectivity index (χ3v) is 5.66. The zero-order valence-corrected chi connectivity index (χ0v) is 15.4. The molecule has 2 N–H and O–H groups in total. The molecule has 1 fully saturated rings. The van der Waals surface area contributed by atoms with Gasteiger partial charge >= 0.3 is 0 Å². The van der Waals surface area contributed by atoms with E-state index in [9.17, 15) is 10.2 Å². The fourth-order valence-corrected chi connectivity index (χ4v) is 3.95.